The molecule has 3 nitrogen and oxygen atoms in total. The first kappa shape index (κ1) is 10.6. The Balaban J connectivity index is 2.74. The van der Waals surface area contributed by atoms with Crippen LogP contribution in [0.3, 0.4) is 0 Å². The van der Waals surface area contributed by atoms with Crippen LogP contribution in [0.4, 0.5) is 0 Å². The Kier molecular flexibility index (Phi) is 2.86. The van der Waals surface area contributed by atoms with E-state index in [1.54, 1.807) is 18.2 Å². The molecule has 0 bridgehead atoms. The maximum Gasteiger partial charge on any atom is 0.279 e. The SMILES string of the molecule is C=C/C=C\c1c(C)nc2c([n+]1O)=CCCC=2. The van der Waals surface area contributed by atoms with Crippen LogP contribution in [0.5, 0.6) is 0 Å². The summed E-state index contributed by atoms with van der Waals surface area (Å²) in [5, 5.41) is 11.7. The largest absolute Gasteiger partial charge is 0.284 e. The summed E-state index contributed by atoms with van der Waals surface area (Å²) >= 11 is 0. The molecule has 0 saturated heterocycles. The molecule has 1 N–H and O–H groups in total. The van der Waals surface area contributed by atoms with Crippen molar-refractivity contribution in [2.75, 3.05) is 0 Å². The Morgan fingerprint density at radius 2 is 2.19 bits per heavy atom. The molecule has 0 amide bonds. The minimum atomic E-state index is 0.699. The maximum absolute atomic E-state index is 10.1. The maximum atomic E-state index is 10.1. The monoisotopic (exact) mass is 215 g/mol. The summed E-state index contributed by atoms with van der Waals surface area (Å²) in [5.74, 6) is 0. The summed E-state index contributed by atoms with van der Waals surface area (Å²) in [4.78, 5) is 4.47. The van der Waals surface area contributed by atoms with E-state index in [1.165, 1.54) is 4.73 Å². The summed E-state index contributed by atoms with van der Waals surface area (Å²) in [5.41, 5.74) is 1.51. The van der Waals surface area contributed by atoms with E-state index in [9.17, 15) is 5.21 Å². The van der Waals surface area contributed by atoms with Gasteiger partial charge in [-0.15, -0.1) is 0 Å². The highest BCUT2D eigenvalue weighted by Gasteiger charge is 2.16. The first-order valence-electron chi connectivity index (χ1n) is 5.35. The second kappa shape index (κ2) is 4.31. The molecule has 0 aliphatic heterocycles. The van der Waals surface area contributed by atoms with Gasteiger partial charge < -0.3 is 0 Å². The number of aryl methyl sites for hydroxylation is 1. The standard InChI is InChI=1S/C13H15N2O/c1-3-4-8-12-10(2)14-11-7-5-6-9-13(11)15(12)16/h3-4,7-9,16H,1,5-6H2,2H3/q+1/b8-4-. The van der Waals surface area contributed by atoms with Gasteiger partial charge in [0.25, 0.3) is 11.0 Å². The zero-order valence-electron chi connectivity index (χ0n) is 9.35. The predicted octanol–water partition coefficient (Wildman–Crippen LogP) is 0.469. The average molecular weight is 215 g/mol. The zero-order valence-corrected chi connectivity index (χ0v) is 9.35. The van der Waals surface area contributed by atoms with Gasteiger partial charge in [-0.2, -0.15) is 0 Å². The van der Waals surface area contributed by atoms with Crippen LogP contribution in [0.25, 0.3) is 18.2 Å². The highest BCUT2D eigenvalue weighted by atomic mass is 16.5. The second-order valence-electron chi connectivity index (χ2n) is 3.75. The molecule has 0 spiro atoms. The zero-order chi connectivity index (χ0) is 11.5. The van der Waals surface area contributed by atoms with E-state index in [0.29, 0.717) is 5.69 Å². The molecule has 1 heterocycles. The van der Waals surface area contributed by atoms with Crippen molar-refractivity contribution in [1.29, 1.82) is 0 Å². The van der Waals surface area contributed by atoms with Crippen molar-refractivity contribution < 1.29 is 9.94 Å². The fourth-order valence-corrected chi connectivity index (χ4v) is 1.82. The van der Waals surface area contributed by atoms with Crippen LogP contribution in [-0.2, 0) is 0 Å². The summed E-state index contributed by atoms with van der Waals surface area (Å²) in [6, 6.07) is 0. The van der Waals surface area contributed by atoms with E-state index in [1.807, 2.05) is 13.0 Å². The fraction of sp³-hybridized carbons (Fsp3) is 0.231. The lowest BCUT2D eigenvalue weighted by Crippen LogP contribution is -2.59. The summed E-state index contributed by atoms with van der Waals surface area (Å²) < 4.78 is 1.20. The van der Waals surface area contributed by atoms with Crippen LogP contribution in [-0.4, -0.2) is 10.2 Å². The van der Waals surface area contributed by atoms with Gasteiger partial charge in [0.1, 0.15) is 11.0 Å². The minimum absolute atomic E-state index is 0.699. The Morgan fingerprint density at radius 3 is 2.94 bits per heavy atom. The molecule has 0 fully saturated rings. The summed E-state index contributed by atoms with van der Waals surface area (Å²) in [7, 11) is 0. The van der Waals surface area contributed by atoms with E-state index in [-0.39, 0.29) is 0 Å². The van der Waals surface area contributed by atoms with Crippen molar-refractivity contribution in [3.05, 3.63) is 40.8 Å². The topological polar surface area (TPSA) is 37.0 Å². The first-order valence-corrected chi connectivity index (χ1v) is 5.35. The highest BCUT2D eigenvalue weighted by Crippen LogP contribution is 1.99. The molecule has 3 heteroatoms. The molecule has 1 aromatic rings. The van der Waals surface area contributed by atoms with E-state index in [4.69, 9.17) is 0 Å². The number of allylic oxidation sites excluding steroid dienone is 2. The molecule has 1 aliphatic carbocycles. The van der Waals surface area contributed by atoms with E-state index in [0.717, 1.165) is 29.2 Å². The third-order valence-corrected chi connectivity index (χ3v) is 2.61. The number of hydrogen-bond acceptors (Lipinski definition) is 2. The lowest BCUT2D eigenvalue weighted by molar-refractivity contribution is -0.916. The van der Waals surface area contributed by atoms with Gasteiger partial charge in [-0.05, 0) is 25.8 Å². The Hall–Kier alpha value is -1.90. The van der Waals surface area contributed by atoms with Gasteiger partial charge in [-0.25, -0.2) is 4.98 Å². The molecule has 0 aromatic carbocycles. The summed E-state index contributed by atoms with van der Waals surface area (Å²) in [6.07, 6.45) is 11.3. The van der Waals surface area contributed by atoms with Gasteiger partial charge in [0, 0.05) is 10.8 Å². The molecule has 1 aliphatic rings. The quantitative estimate of drug-likeness (QED) is 0.442. The predicted molar refractivity (Wildman–Crippen MR) is 63.0 cm³/mol. The lowest BCUT2D eigenvalue weighted by atomic mass is 10.2. The first-order chi connectivity index (χ1) is 7.74. The normalized spacial score (nSPS) is 14.1. The molecule has 2 rings (SSSR count). The van der Waals surface area contributed by atoms with Gasteiger partial charge in [0.2, 0.25) is 0 Å². The molecule has 0 saturated carbocycles. The molecular weight excluding hydrogens is 200 g/mol. The van der Waals surface area contributed by atoms with Crippen molar-refractivity contribution in [3.8, 4) is 0 Å². The lowest BCUT2D eigenvalue weighted by Gasteiger charge is -2.00. The van der Waals surface area contributed by atoms with Crippen molar-refractivity contribution in [3.63, 3.8) is 0 Å². The Labute approximate surface area is 94.3 Å². The molecular formula is C13H15N2O+. The van der Waals surface area contributed by atoms with Gasteiger partial charge in [-0.1, -0.05) is 24.8 Å². The van der Waals surface area contributed by atoms with Gasteiger partial charge >= 0.3 is 0 Å². The third-order valence-electron chi connectivity index (χ3n) is 2.61. The summed E-state index contributed by atoms with van der Waals surface area (Å²) in [6.45, 7) is 5.50. The molecule has 0 atom stereocenters. The van der Waals surface area contributed by atoms with Crippen LogP contribution in [0.2, 0.25) is 0 Å². The van der Waals surface area contributed by atoms with Crippen LogP contribution >= 0.6 is 0 Å². The van der Waals surface area contributed by atoms with Crippen molar-refractivity contribution >= 4 is 18.2 Å². The van der Waals surface area contributed by atoms with Crippen molar-refractivity contribution in [2.24, 2.45) is 0 Å². The average Bonchev–Trinajstić information content (AvgIpc) is 2.29. The van der Waals surface area contributed by atoms with Crippen LogP contribution in [0.1, 0.15) is 24.2 Å². The fourth-order valence-electron chi connectivity index (χ4n) is 1.82. The smallest absolute Gasteiger partial charge is 0.279 e. The number of nitrogens with zero attached hydrogens (tertiary/aromatic N) is 2. The van der Waals surface area contributed by atoms with Crippen LogP contribution < -0.4 is 15.4 Å². The van der Waals surface area contributed by atoms with Crippen molar-refractivity contribution in [1.82, 2.24) is 4.98 Å². The minimum Gasteiger partial charge on any atom is -0.284 e. The second-order valence-corrected chi connectivity index (χ2v) is 3.75. The number of aromatic nitrogens is 2. The molecule has 0 radical (unpaired) electrons. The number of fused-ring (bicyclic) bond motifs is 1. The van der Waals surface area contributed by atoms with E-state index >= 15 is 0 Å². The van der Waals surface area contributed by atoms with E-state index in [2.05, 4.69) is 17.6 Å². The molecule has 0 unspecified atom stereocenters. The Bertz CT molecular complexity index is 571. The van der Waals surface area contributed by atoms with Gasteiger partial charge in [-0.3, -0.25) is 5.21 Å². The van der Waals surface area contributed by atoms with E-state index < -0.39 is 0 Å². The van der Waals surface area contributed by atoms with Gasteiger partial charge in [0.15, 0.2) is 0 Å². The number of rotatable bonds is 2. The Morgan fingerprint density at radius 1 is 1.44 bits per heavy atom. The highest BCUT2D eigenvalue weighted by molar-refractivity contribution is 5.46. The van der Waals surface area contributed by atoms with Crippen molar-refractivity contribution in [2.45, 2.75) is 19.8 Å². The van der Waals surface area contributed by atoms with Crippen LogP contribution in [0.15, 0.2) is 18.7 Å². The number of hydrogen-bond donors (Lipinski definition) is 1. The third kappa shape index (κ3) is 1.76. The van der Waals surface area contributed by atoms with Crippen LogP contribution in [0, 0.1) is 6.92 Å². The molecule has 82 valence electrons. The van der Waals surface area contributed by atoms with Gasteiger partial charge in [0.05, 0.1) is 0 Å². The molecule has 16 heavy (non-hydrogen) atoms. The molecule has 1 aromatic heterocycles.